The van der Waals surface area contributed by atoms with E-state index in [-0.39, 0.29) is 12.4 Å². The first-order chi connectivity index (χ1) is 8.36. The number of para-hydroxylation sites is 1. The first-order valence-electron chi connectivity index (χ1n) is 5.16. The molecule has 3 rings (SSSR count). The number of aliphatic hydroxyl groups excluding tert-OH is 1. The van der Waals surface area contributed by atoms with Crippen molar-refractivity contribution in [3.8, 4) is 11.6 Å². The summed E-state index contributed by atoms with van der Waals surface area (Å²) in [6.45, 7) is -0.239. The molecule has 0 fully saturated rings. The molecule has 2 heterocycles. The molecule has 5 heteroatoms. The van der Waals surface area contributed by atoms with E-state index >= 15 is 0 Å². The number of aliphatic hydroxyl groups is 1. The van der Waals surface area contributed by atoms with Gasteiger partial charge in [0, 0.05) is 5.39 Å². The van der Waals surface area contributed by atoms with E-state index in [1.165, 1.54) is 0 Å². The summed E-state index contributed by atoms with van der Waals surface area (Å²) in [5.41, 5.74) is 1.48. The van der Waals surface area contributed by atoms with Crippen molar-refractivity contribution < 1.29 is 9.63 Å². The molecule has 2 aromatic heterocycles. The molecule has 0 radical (unpaired) electrons. The highest BCUT2D eigenvalue weighted by molar-refractivity contribution is 5.80. The van der Waals surface area contributed by atoms with Crippen LogP contribution in [0.15, 0.2) is 40.9 Å². The van der Waals surface area contributed by atoms with Crippen molar-refractivity contribution >= 4 is 10.9 Å². The zero-order chi connectivity index (χ0) is 11.7. The molecule has 0 saturated carbocycles. The molecule has 0 amide bonds. The lowest BCUT2D eigenvalue weighted by atomic mass is 10.2. The standard InChI is InChI=1S/C12H9N3O2/c16-7-11-14-12(17-15-11)10-6-5-8-3-1-2-4-9(8)13-10/h1-6,16H,7H2. The monoisotopic (exact) mass is 227 g/mol. The Balaban J connectivity index is 2.11. The van der Waals surface area contributed by atoms with E-state index in [2.05, 4.69) is 15.1 Å². The maximum absolute atomic E-state index is 8.86. The SMILES string of the molecule is OCc1noc(-c2ccc3ccccc3n2)n1. The summed E-state index contributed by atoms with van der Waals surface area (Å²) in [5.74, 6) is 0.578. The minimum atomic E-state index is -0.239. The molecular formula is C12H9N3O2. The van der Waals surface area contributed by atoms with Crippen LogP contribution in [0.1, 0.15) is 5.82 Å². The van der Waals surface area contributed by atoms with Gasteiger partial charge in [-0.05, 0) is 12.1 Å². The predicted molar refractivity (Wildman–Crippen MR) is 61.0 cm³/mol. The van der Waals surface area contributed by atoms with Crippen molar-refractivity contribution in [3.63, 3.8) is 0 Å². The second kappa shape index (κ2) is 3.95. The van der Waals surface area contributed by atoms with Crippen LogP contribution in [0, 0.1) is 0 Å². The molecule has 5 nitrogen and oxygen atoms in total. The summed E-state index contributed by atoms with van der Waals surface area (Å²) in [7, 11) is 0. The molecule has 1 N–H and O–H groups in total. The Morgan fingerprint density at radius 2 is 1.94 bits per heavy atom. The molecule has 3 aromatic rings. The molecule has 0 saturated heterocycles. The Morgan fingerprint density at radius 3 is 2.76 bits per heavy atom. The van der Waals surface area contributed by atoms with Crippen LogP contribution in [0.4, 0.5) is 0 Å². The van der Waals surface area contributed by atoms with Gasteiger partial charge in [0.05, 0.1) is 5.52 Å². The van der Waals surface area contributed by atoms with Gasteiger partial charge in [0.15, 0.2) is 5.82 Å². The summed E-state index contributed by atoms with van der Waals surface area (Å²) >= 11 is 0. The van der Waals surface area contributed by atoms with Crippen LogP contribution >= 0.6 is 0 Å². The molecule has 0 aliphatic rings. The van der Waals surface area contributed by atoms with E-state index in [1.807, 2.05) is 36.4 Å². The molecular weight excluding hydrogens is 218 g/mol. The average Bonchev–Trinajstić information content (AvgIpc) is 2.87. The molecule has 0 aliphatic heterocycles. The van der Waals surface area contributed by atoms with Gasteiger partial charge >= 0.3 is 0 Å². The van der Waals surface area contributed by atoms with Gasteiger partial charge < -0.3 is 9.63 Å². The van der Waals surface area contributed by atoms with Gasteiger partial charge in [-0.25, -0.2) is 4.98 Å². The quantitative estimate of drug-likeness (QED) is 0.722. The average molecular weight is 227 g/mol. The Labute approximate surface area is 96.7 Å². The third-order valence-electron chi connectivity index (χ3n) is 2.43. The van der Waals surface area contributed by atoms with E-state index in [0.29, 0.717) is 11.6 Å². The zero-order valence-electron chi connectivity index (χ0n) is 8.87. The van der Waals surface area contributed by atoms with Crippen molar-refractivity contribution in [2.45, 2.75) is 6.61 Å². The molecule has 84 valence electrons. The Bertz CT molecular complexity index is 663. The lowest BCUT2D eigenvalue weighted by Crippen LogP contribution is -1.87. The van der Waals surface area contributed by atoms with Gasteiger partial charge in [-0.3, -0.25) is 0 Å². The first-order valence-corrected chi connectivity index (χ1v) is 5.16. The Kier molecular flexibility index (Phi) is 2.31. The molecule has 0 spiro atoms. The van der Waals surface area contributed by atoms with E-state index in [9.17, 15) is 0 Å². The van der Waals surface area contributed by atoms with Gasteiger partial charge in [0.1, 0.15) is 12.3 Å². The third kappa shape index (κ3) is 1.76. The minimum Gasteiger partial charge on any atom is -0.388 e. The van der Waals surface area contributed by atoms with Crippen molar-refractivity contribution in [3.05, 3.63) is 42.2 Å². The van der Waals surface area contributed by atoms with E-state index in [4.69, 9.17) is 9.63 Å². The van der Waals surface area contributed by atoms with Crippen molar-refractivity contribution in [2.24, 2.45) is 0 Å². The lowest BCUT2D eigenvalue weighted by molar-refractivity contribution is 0.264. The molecule has 1 aromatic carbocycles. The van der Waals surface area contributed by atoms with Gasteiger partial charge in [0.25, 0.3) is 5.89 Å². The van der Waals surface area contributed by atoms with Gasteiger partial charge in [-0.1, -0.05) is 29.4 Å². The number of aromatic nitrogens is 3. The summed E-state index contributed by atoms with van der Waals surface area (Å²) < 4.78 is 5.01. The third-order valence-corrected chi connectivity index (χ3v) is 2.43. The summed E-state index contributed by atoms with van der Waals surface area (Å²) in [6, 6.07) is 11.5. The maximum atomic E-state index is 8.86. The van der Waals surface area contributed by atoms with Crippen molar-refractivity contribution in [1.29, 1.82) is 0 Å². The summed E-state index contributed by atoms with van der Waals surface area (Å²) in [5, 5.41) is 13.5. The number of benzene rings is 1. The van der Waals surface area contributed by atoms with E-state index < -0.39 is 0 Å². The molecule has 0 aliphatic carbocycles. The van der Waals surface area contributed by atoms with Gasteiger partial charge in [0.2, 0.25) is 0 Å². The minimum absolute atomic E-state index is 0.239. The number of rotatable bonds is 2. The van der Waals surface area contributed by atoms with Crippen LogP contribution in [-0.2, 0) is 6.61 Å². The smallest absolute Gasteiger partial charge is 0.276 e. The fourth-order valence-electron chi connectivity index (χ4n) is 1.61. The van der Waals surface area contributed by atoms with E-state index in [0.717, 1.165) is 10.9 Å². The second-order valence-corrected chi connectivity index (χ2v) is 3.56. The van der Waals surface area contributed by atoms with Crippen molar-refractivity contribution in [2.75, 3.05) is 0 Å². The van der Waals surface area contributed by atoms with E-state index in [1.54, 1.807) is 0 Å². The number of hydrogen-bond donors (Lipinski definition) is 1. The Morgan fingerprint density at radius 1 is 1.06 bits per heavy atom. The molecule has 0 unspecified atom stereocenters. The zero-order valence-corrected chi connectivity index (χ0v) is 8.87. The number of fused-ring (bicyclic) bond motifs is 1. The topological polar surface area (TPSA) is 72.0 Å². The lowest BCUT2D eigenvalue weighted by Gasteiger charge is -1.97. The summed E-state index contributed by atoms with van der Waals surface area (Å²) in [6.07, 6.45) is 0. The van der Waals surface area contributed by atoms with Gasteiger partial charge in [-0.15, -0.1) is 0 Å². The second-order valence-electron chi connectivity index (χ2n) is 3.56. The maximum Gasteiger partial charge on any atom is 0.276 e. The number of nitrogens with zero attached hydrogens (tertiary/aromatic N) is 3. The van der Waals surface area contributed by atoms with Crippen molar-refractivity contribution in [1.82, 2.24) is 15.1 Å². The van der Waals surface area contributed by atoms with Crippen LogP contribution in [0.5, 0.6) is 0 Å². The largest absolute Gasteiger partial charge is 0.388 e. The van der Waals surface area contributed by atoms with Crippen LogP contribution in [0.2, 0.25) is 0 Å². The molecule has 17 heavy (non-hydrogen) atoms. The van der Waals surface area contributed by atoms with Gasteiger partial charge in [-0.2, -0.15) is 4.98 Å². The number of pyridine rings is 1. The van der Waals surface area contributed by atoms with Crippen LogP contribution in [0.25, 0.3) is 22.5 Å². The fraction of sp³-hybridized carbons (Fsp3) is 0.0833. The number of hydrogen-bond acceptors (Lipinski definition) is 5. The highest BCUT2D eigenvalue weighted by atomic mass is 16.5. The molecule has 0 atom stereocenters. The van der Waals surface area contributed by atoms with Crippen LogP contribution in [0.3, 0.4) is 0 Å². The van der Waals surface area contributed by atoms with Crippen LogP contribution < -0.4 is 0 Å². The fourth-order valence-corrected chi connectivity index (χ4v) is 1.61. The normalized spacial score (nSPS) is 10.9. The first kappa shape index (κ1) is 9.92. The highest BCUT2D eigenvalue weighted by Gasteiger charge is 2.09. The Hall–Kier alpha value is -2.27. The van der Waals surface area contributed by atoms with Crippen LogP contribution in [-0.4, -0.2) is 20.2 Å². The molecule has 0 bridgehead atoms. The predicted octanol–water partition coefficient (Wildman–Crippen LogP) is 1.78. The summed E-state index contributed by atoms with van der Waals surface area (Å²) in [4.78, 5) is 8.43. The highest BCUT2D eigenvalue weighted by Crippen LogP contribution is 2.19.